The van der Waals surface area contributed by atoms with E-state index in [9.17, 15) is 9.18 Å². The van der Waals surface area contributed by atoms with Crippen LogP contribution in [0.1, 0.15) is 11.1 Å². The molecule has 2 aromatic carbocycles. The van der Waals surface area contributed by atoms with Crippen LogP contribution in [0.2, 0.25) is 0 Å². The van der Waals surface area contributed by atoms with Gasteiger partial charge >= 0.3 is 6.03 Å². The maximum Gasteiger partial charge on any atom is 0.317 e. The fourth-order valence-corrected chi connectivity index (χ4v) is 3.37. The van der Waals surface area contributed by atoms with E-state index in [2.05, 4.69) is 32.3 Å². The van der Waals surface area contributed by atoms with Crippen LogP contribution in [0.5, 0.6) is 0 Å². The molecule has 1 saturated heterocycles. The van der Waals surface area contributed by atoms with E-state index in [0.29, 0.717) is 19.6 Å². The van der Waals surface area contributed by atoms with Gasteiger partial charge in [-0.3, -0.25) is 14.9 Å². The van der Waals surface area contributed by atoms with Gasteiger partial charge in [0.25, 0.3) is 0 Å². The third-order valence-corrected chi connectivity index (χ3v) is 4.96. The summed E-state index contributed by atoms with van der Waals surface area (Å²) < 4.78 is 12.9. The lowest BCUT2D eigenvalue weighted by Gasteiger charge is -2.34. The van der Waals surface area contributed by atoms with Crippen LogP contribution >= 0.6 is 0 Å². The molecule has 28 heavy (non-hydrogen) atoms. The molecule has 144 valence electrons. The highest BCUT2D eigenvalue weighted by Crippen LogP contribution is 2.14. The number of carbonyl (C=O) groups excluding carboxylic acids is 1. The Morgan fingerprint density at radius 1 is 0.929 bits per heavy atom. The molecule has 0 aliphatic carbocycles. The van der Waals surface area contributed by atoms with E-state index < -0.39 is 0 Å². The first-order valence-corrected chi connectivity index (χ1v) is 9.36. The molecule has 0 saturated carbocycles. The molecule has 3 aromatic rings. The summed E-state index contributed by atoms with van der Waals surface area (Å²) in [5, 5.41) is 2.90. The van der Waals surface area contributed by atoms with Crippen molar-refractivity contribution in [2.24, 2.45) is 0 Å². The first kappa shape index (κ1) is 18.3. The number of carbonyl (C=O) groups is 1. The summed E-state index contributed by atoms with van der Waals surface area (Å²) >= 11 is 0. The molecule has 1 aliphatic heterocycles. The van der Waals surface area contributed by atoms with Crippen molar-refractivity contribution in [3.05, 3.63) is 71.8 Å². The number of amides is 2. The SMILES string of the molecule is O=C(NCc1ccc(F)cc1)N1CCN(Cc2ccc3nccnc3c2)CC1. The van der Waals surface area contributed by atoms with Crippen LogP contribution in [0.15, 0.2) is 54.9 Å². The van der Waals surface area contributed by atoms with Gasteiger partial charge in [-0.1, -0.05) is 18.2 Å². The summed E-state index contributed by atoms with van der Waals surface area (Å²) in [6.07, 6.45) is 3.40. The average Bonchev–Trinajstić information content (AvgIpc) is 2.73. The number of rotatable bonds is 4. The van der Waals surface area contributed by atoms with Crippen molar-refractivity contribution in [1.82, 2.24) is 25.1 Å². The molecule has 1 N–H and O–H groups in total. The third-order valence-electron chi connectivity index (χ3n) is 4.96. The second-order valence-corrected chi connectivity index (χ2v) is 6.93. The molecule has 6 nitrogen and oxygen atoms in total. The lowest BCUT2D eigenvalue weighted by molar-refractivity contribution is 0.135. The quantitative estimate of drug-likeness (QED) is 0.757. The average molecular weight is 379 g/mol. The van der Waals surface area contributed by atoms with Gasteiger partial charge in [-0.15, -0.1) is 0 Å². The third kappa shape index (κ3) is 4.43. The van der Waals surface area contributed by atoms with E-state index in [-0.39, 0.29) is 11.8 Å². The summed E-state index contributed by atoms with van der Waals surface area (Å²) in [6.45, 7) is 4.24. The van der Waals surface area contributed by atoms with Gasteiger partial charge in [0.1, 0.15) is 5.82 Å². The van der Waals surface area contributed by atoms with E-state index in [0.717, 1.165) is 36.2 Å². The van der Waals surface area contributed by atoms with Crippen LogP contribution in [0.25, 0.3) is 11.0 Å². The molecule has 0 atom stereocenters. The second kappa shape index (κ2) is 8.31. The van der Waals surface area contributed by atoms with Crippen LogP contribution in [0.4, 0.5) is 9.18 Å². The minimum absolute atomic E-state index is 0.0787. The first-order chi connectivity index (χ1) is 13.7. The Hall–Kier alpha value is -3.06. The highest BCUT2D eigenvalue weighted by Gasteiger charge is 2.21. The van der Waals surface area contributed by atoms with Gasteiger partial charge in [-0.05, 0) is 35.4 Å². The number of halogens is 1. The van der Waals surface area contributed by atoms with Crippen molar-refractivity contribution >= 4 is 17.1 Å². The molecule has 0 radical (unpaired) electrons. The highest BCUT2D eigenvalue weighted by molar-refractivity contribution is 5.75. The Morgan fingerprint density at radius 3 is 2.36 bits per heavy atom. The number of benzene rings is 2. The standard InChI is InChI=1S/C21H22FN5O/c22-18-4-1-16(2-5-18)14-25-21(28)27-11-9-26(10-12-27)15-17-3-6-19-20(13-17)24-8-7-23-19/h1-8,13H,9-12,14-15H2,(H,25,28). The van der Waals surface area contributed by atoms with Crippen molar-refractivity contribution in [3.63, 3.8) is 0 Å². The number of nitrogens with zero attached hydrogens (tertiary/aromatic N) is 4. The van der Waals surface area contributed by atoms with Gasteiger partial charge in [0.05, 0.1) is 11.0 Å². The predicted molar refractivity (Wildman–Crippen MR) is 105 cm³/mol. The molecule has 0 bridgehead atoms. The number of urea groups is 1. The fourth-order valence-electron chi connectivity index (χ4n) is 3.37. The van der Waals surface area contributed by atoms with Gasteiger partial charge in [0, 0.05) is 51.7 Å². The van der Waals surface area contributed by atoms with Crippen LogP contribution in [-0.4, -0.2) is 52.0 Å². The van der Waals surface area contributed by atoms with Crippen LogP contribution in [0.3, 0.4) is 0 Å². The van der Waals surface area contributed by atoms with Gasteiger partial charge in [0.2, 0.25) is 0 Å². The summed E-state index contributed by atoms with van der Waals surface area (Å²) in [7, 11) is 0. The van der Waals surface area contributed by atoms with Crippen LogP contribution in [0, 0.1) is 5.82 Å². The van der Waals surface area contributed by atoms with Gasteiger partial charge in [-0.25, -0.2) is 9.18 Å². The van der Waals surface area contributed by atoms with Crippen molar-refractivity contribution in [3.8, 4) is 0 Å². The number of aromatic nitrogens is 2. The maximum atomic E-state index is 12.9. The normalized spacial score (nSPS) is 15.0. The minimum Gasteiger partial charge on any atom is -0.334 e. The Kier molecular flexibility index (Phi) is 5.43. The number of fused-ring (bicyclic) bond motifs is 1. The van der Waals surface area contributed by atoms with Crippen molar-refractivity contribution in [2.45, 2.75) is 13.1 Å². The molecule has 2 amide bonds. The molecular weight excluding hydrogens is 357 g/mol. The van der Waals surface area contributed by atoms with Crippen LogP contribution < -0.4 is 5.32 Å². The van der Waals surface area contributed by atoms with Crippen LogP contribution in [-0.2, 0) is 13.1 Å². The zero-order valence-electron chi connectivity index (χ0n) is 15.5. The summed E-state index contributed by atoms with van der Waals surface area (Å²) in [4.78, 5) is 25.2. The second-order valence-electron chi connectivity index (χ2n) is 6.93. The van der Waals surface area contributed by atoms with E-state index in [1.165, 1.54) is 17.7 Å². The molecule has 4 rings (SSSR count). The Bertz CT molecular complexity index is 954. The molecule has 0 spiro atoms. The monoisotopic (exact) mass is 379 g/mol. The highest BCUT2D eigenvalue weighted by atomic mass is 19.1. The van der Waals surface area contributed by atoms with Crippen molar-refractivity contribution in [1.29, 1.82) is 0 Å². The van der Waals surface area contributed by atoms with E-state index in [1.54, 1.807) is 24.5 Å². The van der Waals surface area contributed by atoms with Gasteiger partial charge in [-0.2, -0.15) is 0 Å². The van der Waals surface area contributed by atoms with Crippen molar-refractivity contribution in [2.75, 3.05) is 26.2 Å². The maximum absolute atomic E-state index is 12.9. The molecule has 1 aromatic heterocycles. The number of hydrogen-bond donors (Lipinski definition) is 1. The zero-order valence-corrected chi connectivity index (χ0v) is 15.5. The molecule has 0 unspecified atom stereocenters. The largest absolute Gasteiger partial charge is 0.334 e. The van der Waals surface area contributed by atoms with E-state index in [1.807, 2.05) is 11.0 Å². The fraction of sp³-hybridized carbons (Fsp3) is 0.286. The smallest absolute Gasteiger partial charge is 0.317 e. The minimum atomic E-state index is -0.273. The number of hydrogen-bond acceptors (Lipinski definition) is 4. The lowest BCUT2D eigenvalue weighted by atomic mass is 10.1. The number of nitrogens with one attached hydrogen (secondary N) is 1. The Balaban J connectivity index is 1.26. The lowest BCUT2D eigenvalue weighted by Crippen LogP contribution is -2.51. The molecule has 1 aliphatic rings. The Labute approximate surface area is 163 Å². The first-order valence-electron chi connectivity index (χ1n) is 9.36. The van der Waals surface area contributed by atoms with E-state index in [4.69, 9.17) is 0 Å². The summed E-state index contributed by atoms with van der Waals surface area (Å²) in [5.74, 6) is -0.273. The summed E-state index contributed by atoms with van der Waals surface area (Å²) in [5.41, 5.74) is 3.88. The van der Waals surface area contributed by atoms with Gasteiger partial charge < -0.3 is 10.2 Å². The molecule has 1 fully saturated rings. The molecular formula is C21H22FN5O. The zero-order chi connectivity index (χ0) is 19.3. The predicted octanol–water partition coefficient (Wildman–Crippen LogP) is 2.80. The number of piperazine rings is 1. The topological polar surface area (TPSA) is 61.4 Å². The Morgan fingerprint density at radius 2 is 1.61 bits per heavy atom. The van der Waals surface area contributed by atoms with Crippen molar-refractivity contribution < 1.29 is 9.18 Å². The van der Waals surface area contributed by atoms with E-state index >= 15 is 0 Å². The molecule has 2 heterocycles. The summed E-state index contributed by atoms with van der Waals surface area (Å²) in [6, 6.07) is 12.2. The van der Waals surface area contributed by atoms with Gasteiger partial charge in [0.15, 0.2) is 0 Å². The molecule has 7 heteroatoms.